The van der Waals surface area contributed by atoms with E-state index >= 15 is 0 Å². The van der Waals surface area contributed by atoms with Crippen molar-refractivity contribution in [3.8, 4) is 0 Å². The monoisotopic (exact) mass is 479 g/mol. The molecule has 0 unspecified atom stereocenters. The lowest BCUT2D eigenvalue weighted by Crippen LogP contribution is -2.49. The summed E-state index contributed by atoms with van der Waals surface area (Å²) in [6, 6.07) is -0.619. The van der Waals surface area contributed by atoms with Crippen molar-refractivity contribution in [3.05, 3.63) is 24.2 Å². The first-order valence-corrected chi connectivity index (χ1v) is 14.1. The highest BCUT2D eigenvalue weighted by molar-refractivity contribution is 6.70. The van der Waals surface area contributed by atoms with E-state index in [1.807, 2.05) is 19.6 Å². The van der Waals surface area contributed by atoms with Crippen LogP contribution >= 0.6 is 0 Å². The van der Waals surface area contributed by atoms with Gasteiger partial charge in [-0.3, -0.25) is 4.79 Å². The fourth-order valence-electron chi connectivity index (χ4n) is 3.35. The van der Waals surface area contributed by atoms with Gasteiger partial charge in [0.2, 0.25) is 14.2 Å². The Kier molecular flexibility index (Phi) is 9.44. The van der Waals surface area contributed by atoms with E-state index in [1.54, 1.807) is 20.8 Å². The second-order valence-electron chi connectivity index (χ2n) is 9.88. The van der Waals surface area contributed by atoms with Crippen LogP contribution in [0.5, 0.6) is 0 Å². The molecule has 0 aromatic heterocycles. The summed E-state index contributed by atoms with van der Waals surface area (Å²) in [5.41, 5.74) is 0.606. The molecule has 0 aliphatic carbocycles. The average Bonchev–Trinajstić information content (AvgIpc) is 2.98. The zero-order valence-corrected chi connectivity index (χ0v) is 21.2. The van der Waals surface area contributed by atoms with Crippen LogP contribution in [-0.4, -0.2) is 50.6 Å². The van der Waals surface area contributed by atoms with Gasteiger partial charge in [-0.25, -0.2) is 9.69 Å². The van der Waals surface area contributed by atoms with Crippen LogP contribution in [0.4, 0.5) is 18.0 Å². The normalized spacial score (nSPS) is 19.8. The number of imide groups is 1. The zero-order chi connectivity index (χ0) is 25.0. The molecule has 2 amide bonds. The van der Waals surface area contributed by atoms with Crippen molar-refractivity contribution >= 4 is 20.3 Å². The Morgan fingerprint density at radius 1 is 1.28 bits per heavy atom. The lowest BCUT2D eigenvalue weighted by molar-refractivity contribution is -0.186. The van der Waals surface area contributed by atoms with Crippen molar-refractivity contribution in [1.29, 1.82) is 0 Å². The molecular weight excluding hydrogens is 443 g/mol. The van der Waals surface area contributed by atoms with Crippen molar-refractivity contribution in [1.82, 2.24) is 4.90 Å². The van der Waals surface area contributed by atoms with Crippen molar-refractivity contribution in [2.75, 3.05) is 13.2 Å². The lowest BCUT2D eigenvalue weighted by atomic mass is 9.81. The molecule has 1 fully saturated rings. The minimum Gasteiger partial charge on any atom is -0.520 e. The quantitative estimate of drug-likeness (QED) is 0.228. The summed E-state index contributed by atoms with van der Waals surface area (Å²) in [6.07, 6.45) is -4.86. The van der Waals surface area contributed by atoms with Crippen LogP contribution < -0.4 is 0 Å². The van der Waals surface area contributed by atoms with Crippen LogP contribution in [0.2, 0.25) is 19.6 Å². The number of carbonyl (C=O) groups is 2. The Morgan fingerprint density at radius 3 is 2.25 bits per heavy atom. The number of carbonyl (C=O) groups excluding carboxylic acids is 2. The SMILES string of the molecule is C=C(C)CO/C(=C/[C@H]([C@H](C(=O)N1C(=O)OC[C@@H]1C(C)C)C(C)C)C(F)(F)F)O[Si](C)(C)C. The molecule has 0 aromatic carbocycles. The number of hydrogen-bond donors (Lipinski definition) is 0. The molecule has 0 saturated carbocycles. The second-order valence-corrected chi connectivity index (χ2v) is 14.3. The maximum absolute atomic E-state index is 14.3. The predicted molar refractivity (Wildman–Crippen MR) is 118 cm³/mol. The topological polar surface area (TPSA) is 65.1 Å². The summed E-state index contributed by atoms with van der Waals surface area (Å²) in [7, 11) is -2.33. The molecule has 1 heterocycles. The first-order chi connectivity index (χ1) is 14.5. The summed E-state index contributed by atoms with van der Waals surface area (Å²) < 4.78 is 59.0. The molecule has 0 spiro atoms. The van der Waals surface area contributed by atoms with Crippen LogP contribution in [0.1, 0.15) is 34.6 Å². The van der Waals surface area contributed by atoms with Gasteiger partial charge in [0.25, 0.3) is 5.95 Å². The van der Waals surface area contributed by atoms with Gasteiger partial charge in [-0.15, -0.1) is 0 Å². The maximum Gasteiger partial charge on any atom is 0.416 e. The van der Waals surface area contributed by atoms with E-state index < -0.39 is 50.3 Å². The molecule has 1 aliphatic heterocycles. The van der Waals surface area contributed by atoms with E-state index in [9.17, 15) is 22.8 Å². The fourth-order valence-corrected chi connectivity index (χ4v) is 4.08. The highest BCUT2D eigenvalue weighted by Gasteiger charge is 2.52. The number of ether oxygens (including phenoxy) is 2. The number of nitrogens with zero attached hydrogens (tertiary/aromatic N) is 1. The minimum atomic E-state index is -4.78. The van der Waals surface area contributed by atoms with Crippen LogP contribution in [0.25, 0.3) is 0 Å². The molecule has 1 rings (SSSR count). The largest absolute Gasteiger partial charge is 0.520 e. The van der Waals surface area contributed by atoms with E-state index in [0.717, 1.165) is 11.0 Å². The average molecular weight is 480 g/mol. The Morgan fingerprint density at radius 2 is 1.84 bits per heavy atom. The standard InChI is InChI=1S/C22H36F3NO5Si/c1-13(2)11-29-18(31-32(7,8)9)10-16(22(23,24)25)19(15(5)6)20(27)26-17(14(3)4)12-30-21(26)28/h10,14-17,19H,1,11-12H2,2-9H3/b18-10-/t16-,17-,19-/m1/s1. The number of rotatable bonds is 10. The van der Waals surface area contributed by atoms with E-state index in [2.05, 4.69) is 6.58 Å². The van der Waals surface area contributed by atoms with Gasteiger partial charge in [-0.2, -0.15) is 13.2 Å². The smallest absolute Gasteiger partial charge is 0.416 e. The maximum atomic E-state index is 14.3. The van der Waals surface area contributed by atoms with E-state index in [-0.39, 0.29) is 25.1 Å². The van der Waals surface area contributed by atoms with Crippen molar-refractivity contribution in [3.63, 3.8) is 0 Å². The van der Waals surface area contributed by atoms with E-state index in [4.69, 9.17) is 13.9 Å². The van der Waals surface area contributed by atoms with Gasteiger partial charge in [0, 0.05) is 6.08 Å². The molecule has 184 valence electrons. The Bertz CT molecular complexity index is 728. The summed E-state index contributed by atoms with van der Waals surface area (Å²) >= 11 is 0. The molecule has 0 aromatic rings. The molecule has 0 N–H and O–H groups in total. The van der Waals surface area contributed by atoms with E-state index in [1.165, 1.54) is 13.8 Å². The van der Waals surface area contributed by atoms with Gasteiger partial charge in [-0.1, -0.05) is 34.3 Å². The number of allylic oxidation sites excluding steroid dienone is 1. The summed E-state index contributed by atoms with van der Waals surface area (Å²) in [6.45, 7) is 17.4. The van der Waals surface area contributed by atoms with Crippen LogP contribution in [0.3, 0.4) is 0 Å². The highest BCUT2D eigenvalue weighted by atomic mass is 28.4. The van der Waals surface area contributed by atoms with Gasteiger partial charge in [0.15, 0.2) is 0 Å². The highest BCUT2D eigenvalue weighted by Crippen LogP contribution is 2.40. The molecular formula is C22H36F3NO5Si. The third-order valence-electron chi connectivity index (χ3n) is 4.86. The Balaban J connectivity index is 3.48. The van der Waals surface area contributed by atoms with Crippen molar-refractivity contribution in [2.45, 2.75) is 66.5 Å². The molecule has 0 bridgehead atoms. The predicted octanol–water partition coefficient (Wildman–Crippen LogP) is 5.73. The number of halogens is 3. The molecule has 3 atom stereocenters. The van der Waals surface area contributed by atoms with Gasteiger partial charge >= 0.3 is 12.3 Å². The van der Waals surface area contributed by atoms with Gasteiger partial charge in [-0.05, 0) is 44.0 Å². The first kappa shape index (κ1) is 28.1. The summed E-state index contributed by atoms with van der Waals surface area (Å²) in [5, 5.41) is 0. The zero-order valence-electron chi connectivity index (χ0n) is 20.2. The van der Waals surface area contributed by atoms with Crippen LogP contribution in [0, 0.1) is 23.7 Å². The Hall–Kier alpha value is -1.97. The molecule has 1 aliphatic rings. The van der Waals surface area contributed by atoms with Crippen molar-refractivity contribution in [2.24, 2.45) is 23.7 Å². The number of hydrogen-bond acceptors (Lipinski definition) is 5. The molecule has 10 heteroatoms. The second kappa shape index (κ2) is 10.8. The molecule has 1 saturated heterocycles. The molecule has 32 heavy (non-hydrogen) atoms. The molecule has 6 nitrogen and oxygen atoms in total. The van der Waals surface area contributed by atoms with Gasteiger partial charge in [0.05, 0.1) is 17.9 Å². The van der Waals surface area contributed by atoms with E-state index in [0.29, 0.717) is 5.57 Å². The van der Waals surface area contributed by atoms with Crippen LogP contribution in [0.15, 0.2) is 24.2 Å². The first-order valence-electron chi connectivity index (χ1n) is 10.7. The Labute approximate surface area is 189 Å². The third-order valence-corrected chi connectivity index (χ3v) is 5.68. The third kappa shape index (κ3) is 7.86. The summed E-state index contributed by atoms with van der Waals surface area (Å²) in [5.74, 6) is -5.85. The van der Waals surface area contributed by atoms with Crippen LogP contribution in [-0.2, 0) is 18.7 Å². The summed E-state index contributed by atoms with van der Waals surface area (Å²) in [4.78, 5) is 26.4. The van der Waals surface area contributed by atoms with Gasteiger partial charge < -0.3 is 13.9 Å². The fraction of sp³-hybridized carbons (Fsp3) is 0.727. The minimum absolute atomic E-state index is 0.0188. The molecule has 0 radical (unpaired) electrons. The van der Waals surface area contributed by atoms with Gasteiger partial charge in [0.1, 0.15) is 13.2 Å². The number of amides is 2. The lowest BCUT2D eigenvalue weighted by Gasteiger charge is -2.33. The number of cyclic esters (lactones) is 1. The van der Waals surface area contributed by atoms with Crippen molar-refractivity contribution < 1.29 is 36.7 Å². The number of alkyl halides is 3.